The highest BCUT2D eigenvalue weighted by molar-refractivity contribution is 6.21. The van der Waals surface area contributed by atoms with E-state index < -0.39 is 5.41 Å². The van der Waals surface area contributed by atoms with Crippen molar-refractivity contribution in [2.75, 3.05) is 0 Å². The maximum Gasteiger partial charge on any atom is 0.0725 e. The second-order valence-corrected chi connectivity index (χ2v) is 18.0. The smallest absolute Gasteiger partial charge is 0.0620 e. The molecule has 0 aliphatic heterocycles. The summed E-state index contributed by atoms with van der Waals surface area (Å²) in [6.45, 7) is 4.41. The Hall–Kier alpha value is -8.06. The summed E-state index contributed by atoms with van der Waals surface area (Å²) >= 11 is 0. The number of fused-ring (bicyclic) bond motifs is 12. The van der Waals surface area contributed by atoms with Gasteiger partial charge in [0.05, 0.1) is 5.41 Å². The highest BCUT2D eigenvalue weighted by Crippen LogP contribution is 2.63. The molecular weight excluding hydrogens is 781 g/mol. The summed E-state index contributed by atoms with van der Waals surface area (Å²) in [7, 11) is 0. The Balaban J connectivity index is 0.987. The van der Waals surface area contributed by atoms with Gasteiger partial charge in [-0.2, -0.15) is 0 Å². The van der Waals surface area contributed by atoms with E-state index in [0.29, 0.717) is 0 Å². The van der Waals surface area contributed by atoms with Crippen molar-refractivity contribution in [2.45, 2.75) is 19.3 Å². The number of benzene rings is 11. The molecule has 0 saturated carbocycles. The first kappa shape index (κ1) is 37.5. The predicted molar refractivity (Wildman–Crippen MR) is 274 cm³/mol. The molecule has 0 unspecified atom stereocenters. The fourth-order valence-electron chi connectivity index (χ4n) is 11.7. The molecule has 13 rings (SSSR count). The lowest BCUT2D eigenvalue weighted by Gasteiger charge is -2.30. The van der Waals surface area contributed by atoms with Crippen molar-refractivity contribution < 1.29 is 0 Å². The number of hydrogen-bond donors (Lipinski definition) is 0. The lowest BCUT2D eigenvalue weighted by atomic mass is 9.70. The van der Waals surface area contributed by atoms with E-state index in [-0.39, 0.29) is 0 Å². The van der Waals surface area contributed by atoms with Crippen LogP contribution in [0.15, 0.2) is 231 Å². The second-order valence-electron chi connectivity index (χ2n) is 18.0. The molecule has 2 aliphatic rings. The summed E-state index contributed by atoms with van der Waals surface area (Å²) in [4.78, 5) is 0. The molecule has 0 heteroatoms. The SMILES string of the molecule is Cc1ccccc1-c1cc(-c2ccc(-c3c4ccccc4c(-c4ccc5c(c4)C4(c6ccccc6-c6ccccc64)c4ccccc4-5)c4ccccc34)cc2)cc(-c2ccccc2C)c1. The molecule has 1 spiro atoms. The van der Waals surface area contributed by atoms with Crippen LogP contribution < -0.4 is 0 Å². The van der Waals surface area contributed by atoms with E-state index in [4.69, 9.17) is 0 Å². The quantitative estimate of drug-likeness (QED) is 0.152. The fourth-order valence-corrected chi connectivity index (χ4v) is 11.7. The van der Waals surface area contributed by atoms with Crippen LogP contribution in [0, 0.1) is 13.8 Å². The Bertz CT molecular complexity index is 3550. The molecule has 11 aromatic carbocycles. The first-order valence-corrected chi connectivity index (χ1v) is 22.8. The third-order valence-corrected chi connectivity index (χ3v) is 14.6. The molecule has 0 atom stereocenters. The standard InChI is InChI=1S/C65H44/c1-41-17-3-5-19-49(41)47-37-46(38-48(39-47)50-20-6-4-18-42(50)2)43-31-33-44(34-32-43)63-55-24-7-9-26-57(55)64(58-27-10-8-25-56(58)63)45-35-36-54-53-23-13-16-30-61(53)65(62(54)40-45)59-28-14-11-21-51(59)52-22-12-15-29-60(52)65/h3-40H,1-2H3. The van der Waals surface area contributed by atoms with Crippen molar-refractivity contribution in [2.24, 2.45) is 0 Å². The number of hydrogen-bond acceptors (Lipinski definition) is 0. The van der Waals surface area contributed by atoms with E-state index in [1.807, 2.05) is 0 Å². The first-order valence-electron chi connectivity index (χ1n) is 22.8. The van der Waals surface area contributed by atoms with Crippen LogP contribution in [-0.2, 0) is 5.41 Å². The molecule has 11 aromatic rings. The Labute approximate surface area is 380 Å². The molecule has 0 N–H and O–H groups in total. The Morgan fingerprint density at radius 3 is 1.03 bits per heavy atom. The highest BCUT2D eigenvalue weighted by Gasteiger charge is 2.51. The molecule has 0 aromatic heterocycles. The van der Waals surface area contributed by atoms with E-state index in [0.717, 1.165) is 0 Å². The predicted octanol–water partition coefficient (Wildman–Crippen LogP) is 17.3. The average Bonchev–Trinajstić information content (AvgIpc) is 3.83. The number of aryl methyl sites for hydroxylation is 2. The normalized spacial score (nSPS) is 12.9. The van der Waals surface area contributed by atoms with Crippen molar-refractivity contribution in [1.29, 1.82) is 0 Å². The van der Waals surface area contributed by atoms with Crippen LogP contribution in [0.3, 0.4) is 0 Å². The maximum absolute atomic E-state index is 2.53. The van der Waals surface area contributed by atoms with E-state index >= 15 is 0 Å². The Morgan fingerprint density at radius 2 is 0.569 bits per heavy atom. The summed E-state index contributed by atoms with van der Waals surface area (Å²) in [6.07, 6.45) is 0. The molecule has 2 aliphatic carbocycles. The van der Waals surface area contributed by atoms with Gasteiger partial charge in [0.25, 0.3) is 0 Å². The molecular formula is C65H44. The van der Waals surface area contributed by atoms with Crippen LogP contribution in [0.2, 0.25) is 0 Å². The van der Waals surface area contributed by atoms with E-state index in [1.165, 1.54) is 133 Å². The summed E-state index contributed by atoms with van der Waals surface area (Å²) in [5.41, 5.74) is 25.3. The minimum Gasteiger partial charge on any atom is -0.0620 e. The lowest BCUT2D eigenvalue weighted by Crippen LogP contribution is -2.25. The van der Waals surface area contributed by atoms with Crippen molar-refractivity contribution >= 4 is 21.5 Å². The van der Waals surface area contributed by atoms with Crippen LogP contribution in [-0.4, -0.2) is 0 Å². The fraction of sp³-hybridized carbons (Fsp3) is 0.0462. The van der Waals surface area contributed by atoms with Gasteiger partial charge in [0, 0.05) is 0 Å². The molecule has 0 radical (unpaired) electrons. The molecule has 0 saturated heterocycles. The van der Waals surface area contributed by atoms with Crippen LogP contribution in [0.4, 0.5) is 0 Å². The van der Waals surface area contributed by atoms with E-state index in [9.17, 15) is 0 Å². The van der Waals surface area contributed by atoms with Gasteiger partial charge in [-0.25, -0.2) is 0 Å². The van der Waals surface area contributed by atoms with Gasteiger partial charge < -0.3 is 0 Å². The highest BCUT2D eigenvalue weighted by atomic mass is 14.5. The monoisotopic (exact) mass is 824 g/mol. The molecule has 0 heterocycles. The summed E-state index contributed by atoms with van der Waals surface area (Å²) < 4.78 is 0. The van der Waals surface area contributed by atoms with Gasteiger partial charge in [0.15, 0.2) is 0 Å². The third-order valence-electron chi connectivity index (χ3n) is 14.6. The lowest BCUT2D eigenvalue weighted by molar-refractivity contribution is 0.794. The van der Waals surface area contributed by atoms with Crippen molar-refractivity contribution in [3.63, 3.8) is 0 Å². The topological polar surface area (TPSA) is 0 Å². The van der Waals surface area contributed by atoms with Gasteiger partial charge in [0.1, 0.15) is 0 Å². The summed E-state index contributed by atoms with van der Waals surface area (Å²) in [5, 5.41) is 5.03. The van der Waals surface area contributed by atoms with Crippen LogP contribution in [0.25, 0.3) is 99.4 Å². The van der Waals surface area contributed by atoms with Gasteiger partial charge in [-0.05, 0) is 171 Å². The third kappa shape index (κ3) is 5.51. The van der Waals surface area contributed by atoms with Crippen LogP contribution in [0.5, 0.6) is 0 Å². The van der Waals surface area contributed by atoms with E-state index in [2.05, 4.69) is 244 Å². The zero-order valence-electron chi connectivity index (χ0n) is 36.4. The second kappa shape index (κ2) is 14.5. The molecule has 0 nitrogen and oxygen atoms in total. The Morgan fingerprint density at radius 1 is 0.231 bits per heavy atom. The molecule has 0 bridgehead atoms. The van der Waals surface area contributed by atoms with Crippen molar-refractivity contribution in [3.8, 4) is 77.9 Å². The number of rotatable bonds is 5. The van der Waals surface area contributed by atoms with Gasteiger partial charge >= 0.3 is 0 Å². The minimum atomic E-state index is -0.400. The minimum absolute atomic E-state index is 0.400. The van der Waals surface area contributed by atoms with E-state index in [1.54, 1.807) is 0 Å². The molecule has 0 amide bonds. The molecule has 65 heavy (non-hydrogen) atoms. The summed E-state index contributed by atoms with van der Waals surface area (Å²) in [5.74, 6) is 0. The first-order chi connectivity index (χ1) is 32.1. The molecule has 304 valence electrons. The van der Waals surface area contributed by atoms with Crippen molar-refractivity contribution in [1.82, 2.24) is 0 Å². The van der Waals surface area contributed by atoms with Gasteiger partial charge in [-0.1, -0.05) is 206 Å². The molecule has 0 fully saturated rings. The van der Waals surface area contributed by atoms with Crippen LogP contribution >= 0.6 is 0 Å². The zero-order chi connectivity index (χ0) is 43.2. The summed E-state index contributed by atoms with van der Waals surface area (Å²) in [6, 6.07) is 86.5. The maximum atomic E-state index is 2.53. The van der Waals surface area contributed by atoms with Gasteiger partial charge in [-0.15, -0.1) is 0 Å². The van der Waals surface area contributed by atoms with Crippen molar-refractivity contribution in [3.05, 3.63) is 264 Å². The average molecular weight is 825 g/mol. The van der Waals surface area contributed by atoms with Gasteiger partial charge in [-0.3, -0.25) is 0 Å². The zero-order valence-corrected chi connectivity index (χ0v) is 36.4. The van der Waals surface area contributed by atoms with Gasteiger partial charge in [0.2, 0.25) is 0 Å². The van der Waals surface area contributed by atoms with Crippen LogP contribution in [0.1, 0.15) is 33.4 Å². The Kier molecular flexibility index (Phi) is 8.36. The largest absolute Gasteiger partial charge is 0.0725 e.